The molecule has 0 aromatic heterocycles. The smallest absolute Gasteiger partial charge is 0.147 e. The number of Topliss-reactive ketones (excluding diaryl/α,β-unsaturated/α-hetero) is 1. The number of ketones is 1. The molecule has 0 aliphatic carbocycles. The monoisotopic (exact) mass is 165 g/mol. The predicted molar refractivity (Wildman–Crippen MR) is 45.0 cm³/mol. The molecule has 0 rings (SSSR count). The molecule has 0 saturated heterocycles. The molecule has 0 saturated carbocycles. The highest BCUT2D eigenvalue weighted by atomic mass is 33.1. The van der Waals surface area contributed by atoms with Crippen LogP contribution >= 0.6 is 22.5 Å². The Bertz CT molecular complexity index is 97.0. The maximum absolute atomic E-state index is 10.7. The molecular formula is C5H11NOS2. The fourth-order valence-electron chi connectivity index (χ4n) is 0.478. The van der Waals surface area contributed by atoms with Gasteiger partial charge >= 0.3 is 0 Å². The van der Waals surface area contributed by atoms with Crippen molar-refractivity contribution in [2.45, 2.75) is 13.0 Å². The molecule has 0 unspecified atom stereocenters. The van der Waals surface area contributed by atoms with E-state index in [2.05, 4.69) is 17.0 Å². The Morgan fingerprint density at radius 3 is 2.56 bits per heavy atom. The van der Waals surface area contributed by atoms with Gasteiger partial charge in [-0.3, -0.25) is 4.79 Å². The predicted octanol–water partition coefficient (Wildman–Crippen LogP) is 0.741. The summed E-state index contributed by atoms with van der Waals surface area (Å²) in [6, 6.07) is -0.0347. The number of thiol groups is 1. The lowest BCUT2D eigenvalue weighted by Gasteiger charge is -2.08. The fourth-order valence-corrected chi connectivity index (χ4v) is 1.48. The molecule has 1 atom stereocenters. The molecule has 0 aromatic rings. The van der Waals surface area contributed by atoms with Crippen LogP contribution in [-0.4, -0.2) is 24.6 Å². The Morgan fingerprint density at radius 1 is 1.89 bits per heavy atom. The molecule has 9 heavy (non-hydrogen) atoms. The number of rotatable bonds is 4. The van der Waals surface area contributed by atoms with Crippen molar-refractivity contribution in [1.29, 1.82) is 0 Å². The first-order valence-electron chi connectivity index (χ1n) is 2.66. The van der Waals surface area contributed by atoms with Crippen LogP contribution in [0.25, 0.3) is 0 Å². The molecule has 0 aromatic carbocycles. The van der Waals surface area contributed by atoms with Gasteiger partial charge in [-0.2, -0.15) is 0 Å². The van der Waals surface area contributed by atoms with E-state index in [9.17, 15) is 4.79 Å². The molecular weight excluding hydrogens is 154 g/mol. The molecule has 0 bridgehead atoms. The number of hydrogen-bond acceptors (Lipinski definition) is 4. The van der Waals surface area contributed by atoms with Crippen molar-refractivity contribution in [2.24, 2.45) is 0 Å². The molecule has 4 heteroatoms. The van der Waals surface area contributed by atoms with E-state index in [0.29, 0.717) is 0 Å². The van der Waals surface area contributed by atoms with Gasteiger partial charge in [0.05, 0.1) is 6.04 Å². The van der Waals surface area contributed by atoms with E-state index in [1.54, 1.807) is 14.0 Å². The third-order valence-electron chi connectivity index (χ3n) is 1.08. The van der Waals surface area contributed by atoms with E-state index in [0.717, 1.165) is 5.75 Å². The zero-order chi connectivity index (χ0) is 7.28. The number of hydrogen-bond donors (Lipinski definition) is 2. The minimum atomic E-state index is -0.0347. The highest BCUT2D eigenvalue weighted by Crippen LogP contribution is 2.06. The zero-order valence-corrected chi connectivity index (χ0v) is 7.26. The normalized spacial score (nSPS) is 13.2. The lowest BCUT2D eigenvalue weighted by atomic mass is 10.2. The second-order valence-electron chi connectivity index (χ2n) is 1.75. The van der Waals surface area contributed by atoms with E-state index in [-0.39, 0.29) is 11.8 Å². The molecule has 0 spiro atoms. The summed E-state index contributed by atoms with van der Waals surface area (Å²) in [4.78, 5) is 10.7. The third kappa shape index (κ3) is 3.83. The Kier molecular flexibility index (Phi) is 5.33. The topological polar surface area (TPSA) is 29.1 Å². The van der Waals surface area contributed by atoms with Gasteiger partial charge in [0.15, 0.2) is 0 Å². The van der Waals surface area contributed by atoms with Gasteiger partial charge in [-0.05, 0) is 14.0 Å². The lowest BCUT2D eigenvalue weighted by Crippen LogP contribution is -2.34. The zero-order valence-electron chi connectivity index (χ0n) is 5.55. The van der Waals surface area contributed by atoms with Crippen LogP contribution in [0.3, 0.4) is 0 Å². The first-order valence-corrected chi connectivity index (χ1v) is 4.70. The van der Waals surface area contributed by atoms with Crippen molar-refractivity contribution >= 4 is 28.2 Å². The molecule has 0 radical (unpaired) electrons. The summed E-state index contributed by atoms with van der Waals surface area (Å²) in [5.41, 5.74) is 0. The maximum atomic E-state index is 10.7. The van der Waals surface area contributed by atoms with E-state index < -0.39 is 0 Å². The first-order chi connectivity index (χ1) is 4.22. The second kappa shape index (κ2) is 5.14. The quantitative estimate of drug-likeness (QED) is 0.475. The van der Waals surface area contributed by atoms with Gasteiger partial charge in [-0.15, -0.1) is 11.7 Å². The minimum Gasteiger partial charge on any atom is -0.310 e. The summed E-state index contributed by atoms with van der Waals surface area (Å²) in [5.74, 6) is 0.897. The summed E-state index contributed by atoms with van der Waals surface area (Å²) >= 11 is 3.93. The minimum absolute atomic E-state index is 0.0347. The molecule has 0 fully saturated rings. The maximum Gasteiger partial charge on any atom is 0.147 e. The molecule has 2 nitrogen and oxygen atoms in total. The Labute approximate surface area is 64.6 Å². The largest absolute Gasteiger partial charge is 0.310 e. The van der Waals surface area contributed by atoms with Gasteiger partial charge in [0.25, 0.3) is 0 Å². The van der Waals surface area contributed by atoms with Crippen LogP contribution in [0.15, 0.2) is 0 Å². The second-order valence-corrected chi connectivity index (χ2v) is 3.11. The van der Waals surface area contributed by atoms with Crippen molar-refractivity contribution in [3.05, 3.63) is 0 Å². The fraction of sp³-hybridized carbons (Fsp3) is 0.800. The molecule has 0 heterocycles. The number of nitrogens with one attached hydrogen (secondary N) is 1. The Balaban J connectivity index is 3.54. The van der Waals surface area contributed by atoms with E-state index in [1.165, 1.54) is 10.8 Å². The van der Waals surface area contributed by atoms with Crippen molar-refractivity contribution in [1.82, 2.24) is 5.32 Å². The van der Waals surface area contributed by atoms with Crippen LogP contribution in [0.1, 0.15) is 6.92 Å². The van der Waals surface area contributed by atoms with Gasteiger partial charge in [0.2, 0.25) is 0 Å². The molecule has 0 aliphatic heterocycles. The summed E-state index contributed by atoms with van der Waals surface area (Å²) in [7, 11) is 3.15. The van der Waals surface area contributed by atoms with Crippen LogP contribution in [0.2, 0.25) is 0 Å². The standard InChI is InChI=1S/C5H11NOS2/c1-4(7)5(6-2)3-9-8/h5-6,8H,3H2,1-2H3/t5-/m0/s1. The Morgan fingerprint density at radius 2 is 2.44 bits per heavy atom. The van der Waals surface area contributed by atoms with E-state index in [4.69, 9.17) is 0 Å². The molecule has 0 amide bonds. The van der Waals surface area contributed by atoms with Crippen LogP contribution in [0.4, 0.5) is 0 Å². The average molecular weight is 165 g/mol. The Hall–Kier alpha value is 0.330. The van der Waals surface area contributed by atoms with Gasteiger partial charge in [0, 0.05) is 5.75 Å². The average Bonchev–Trinajstić information content (AvgIpc) is 1.82. The molecule has 0 aliphatic rings. The summed E-state index contributed by atoms with van der Waals surface area (Å²) in [6.45, 7) is 1.57. The lowest BCUT2D eigenvalue weighted by molar-refractivity contribution is -0.118. The first kappa shape index (κ1) is 9.33. The summed E-state index contributed by atoms with van der Waals surface area (Å²) in [6.07, 6.45) is 0. The van der Waals surface area contributed by atoms with Crippen LogP contribution in [0.5, 0.6) is 0 Å². The van der Waals surface area contributed by atoms with Gasteiger partial charge in [0.1, 0.15) is 5.78 Å². The van der Waals surface area contributed by atoms with Crippen molar-refractivity contribution in [2.75, 3.05) is 12.8 Å². The van der Waals surface area contributed by atoms with Crippen molar-refractivity contribution < 1.29 is 4.79 Å². The third-order valence-corrected chi connectivity index (χ3v) is 2.01. The molecule has 54 valence electrons. The number of likely N-dealkylation sites (N-methyl/N-ethyl adjacent to an activating group) is 1. The van der Waals surface area contributed by atoms with Gasteiger partial charge in [-0.25, -0.2) is 0 Å². The number of carbonyl (C=O) groups is 1. The highest BCUT2D eigenvalue weighted by molar-refractivity contribution is 8.68. The van der Waals surface area contributed by atoms with Gasteiger partial charge in [-0.1, -0.05) is 10.8 Å². The van der Waals surface area contributed by atoms with Crippen molar-refractivity contribution in [3.8, 4) is 0 Å². The van der Waals surface area contributed by atoms with E-state index in [1.807, 2.05) is 0 Å². The SMILES string of the molecule is CN[C@@H](CSS)C(C)=O. The van der Waals surface area contributed by atoms with Crippen LogP contribution in [-0.2, 0) is 4.79 Å². The van der Waals surface area contributed by atoms with Crippen molar-refractivity contribution in [3.63, 3.8) is 0 Å². The highest BCUT2D eigenvalue weighted by Gasteiger charge is 2.08. The number of carbonyl (C=O) groups excluding carboxylic acids is 1. The summed E-state index contributed by atoms with van der Waals surface area (Å²) < 4.78 is 0. The van der Waals surface area contributed by atoms with Crippen LogP contribution in [0, 0.1) is 0 Å². The van der Waals surface area contributed by atoms with Crippen LogP contribution < -0.4 is 5.32 Å². The van der Waals surface area contributed by atoms with Gasteiger partial charge < -0.3 is 5.32 Å². The summed E-state index contributed by atoms with van der Waals surface area (Å²) in [5, 5.41) is 2.88. The molecule has 1 N–H and O–H groups in total. The van der Waals surface area contributed by atoms with E-state index >= 15 is 0 Å².